The summed E-state index contributed by atoms with van der Waals surface area (Å²) in [7, 11) is 0. The molecule has 0 fully saturated rings. The van der Waals surface area contributed by atoms with Crippen LogP contribution < -0.4 is 10.9 Å². The van der Waals surface area contributed by atoms with Crippen molar-refractivity contribution in [3.8, 4) is 0 Å². The number of carbonyl (C=O) groups is 1. The number of aryl methyl sites for hydroxylation is 3. The molecule has 148 valence electrons. The fraction of sp³-hybridized carbons (Fsp3) is 0.381. The Kier molecular flexibility index (Phi) is 6.91. The number of hydrogen-bond acceptors (Lipinski definition) is 5. The van der Waals surface area contributed by atoms with Crippen LogP contribution in [-0.4, -0.2) is 27.8 Å². The number of thiophene rings is 1. The molecule has 5 nitrogen and oxygen atoms in total. The van der Waals surface area contributed by atoms with Gasteiger partial charge >= 0.3 is 0 Å². The maximum atomic E-state index is 12.8. The van der Waals surface area contributed by atoms with Crippen LogP contribution in [0, 0.1) is 13.8 Å². The molecule has 1 amide bonds. The van der Waals surface area contributed by atoms with Crippen LogP contribution in [0.3, 0.4) is 0 Å². The highest BCUT2D eigenvalue weighted by Gasteiger charge is 2.16. The van der Waals surface area contributed by atoms with Gasteiger partial charge < -0.3 is 5.32 Å². The second kappa shape index (κ2) is 9.39. The van der Waals surface area contributed by atoms with Crippen molar-refractivity contribution in [3.05, 3.63) is 56.7 Å². The number of rotatable bonds is 8. The second-order valence-corrected chi connectivity index (χ2v) is 8.78. The molecule has 0 aliphatic heterocycles. The SMILES string of the molecule is CCn1c(SCC(=O)NCCCc2ccccc2)nc2sc(C)c(C)c2c1=O. The first-order valence-electron chi connectivity index (χ1n) is 9.45. The molecule has 2 aromatic heterocycles. The van der Waals surface area contributed by atoms with Crippen LogP contribution in [-0.2, 0) is 17.8 Å². The second-order valence-electron chi connectivity index (χ2n) is 6.63. The Morgan fingerprint density at radius 1 is 1.25 bits per heavy atom. The minimum atomic E-state index is -0.0337. The van der Waals surface area contributed by atoms with E-state index in [4.69, 9.17) is 0 Å². The van der Waals surface area contributed by atoms with Gasteiger partial charge in [0.1, 0.15) is 4.83 Å². The molecular weight excluding hydrogens is 390 g/mol. The Morgan fingerprint density at radius 3 is 2.71 bits per heavy atom. The standard InChI is InChI=1S/C21H25N3O2S2/c1-4-24-20(26)18-14(2)15(3)28-19(18)23-21(24)27-13-17(25)22-12-8-11-16-9-6-5-7-10-16/h5-7,9-10H,4,8,11-13H2,1-3H3,(H,22,25). The number of nitrogens with one attached hydrogen (secondary N) is 1. The van der Waals surface area contributed by atoms with Crippen molar-refractivity contribution in [1.82, 2.24) is 14.9 Å². The molecular formula is C21H25N3O2S2. The number of fused-ring (bicyclic) bond motifs is 1. The van der Waals surface area contributed by atoms with Gasteiger partial charge in [-0.25, -0.2) is 4.98 Å². The van der Waals surface area contributed by atoms with Crippen molar-refractivity contribution in [1.29, 1.82) is 0 Å². The van der Waals surface area contributed by atoms with Crippen LogP contribution >= 0.6 is 23.1 Å². The minimum absolute atomic E-state index is 0.0138. The summed E-state index contributed by atoms with van der Waals surface area (Å²) in [4.78, 5) is 31.5. The zero-order valence-electron chi connectivity index (χ0n) is 16.4. The van der Waals surface area contributed by atoms with Crippen LogP contribution in [0.1, 0.15) is 29.3 Å². The summed E-state index contributed by atoms with van der Waals surface area (Å²) in [6.07, 6.45) is 1.84. The van der Waals surface area contributed by atoms with Gasteiger partial charge in [0, 0.05) is 18.0 Å². The number of thioether (sulfide) groups is 1. The maximum Gasteiger partial charge on any atom is 0.263 e. The third kappa shape index (κ3) is 4.64. The lowest BCUT2D eigenvalue weighted by atomic mass is 10.1. The average Bonchev–Trinajstić information content (AvgIpc) is 2.98. The predicted molar refractivity (Wildman–Crippen MR) is 118 cm³/mol. The molecule has 0 atom stereocenters. The maximum absolute atomic E-state index is 12.8. The van der Waals surface area contributed by atoms with Gasteiger partial charge in [0.25, 0.3) is 5.56 Å². The van der Waals surface area contributed by atoms with Gasteiger partial charge in [-0.1, -0.05) is 42.1 Å². The van der Waals surface area contributed by atoms with Gasteiger partial charge in [-0.15, -0.1) is 11.3 Å². The Morgan fingerprint density at radius 2 is 2.00 bits per heavy atom. The summed E-state index contributed by atoms with van der Waals surface area (Å²) in [5.74, 6) is 0.223. The van der Waals surface area contributed by atoms with Crippen LogP contribution in [0.4, 0.5) is 0 Å². The fourth-order valence-electron chi connectivity index (χ4n) is 3.04. The Labute approximate surface area is 173 Å². The minimum Gasteiger partial charge on any atom is -0.355 e. The Balaban J connectivity index is 1.58. The summed E-state index contributed by atoms with van der Waals surface area (Å²) in [6, 6.07) is 10.2. The molecule has 28 heavy (non-hydrogen) atoms. The summed E-state index contributed by atoms with van der Waals surface area (Å²) in [5.41, 5.74) is 2.27. The first-order valence-corrected chi connectivity index (χ1v) is 11.3. The monoisotopic (exact) mass is 415 g/mol. The topological polar surface area (TPSA) is 64.0 Å². The Bertz CT molecular complexity index is 1030. The van der Waals surface area contributed by atoms with Gasteiger partial charge in [-0.05, 0) is 44.7 Å². The van der Waals surface area contributed by atoms with Crippen LogP contribution in [0.2, 0.25) is 0 Å². The largest absolute Gasteiger partial charge is 0.355 e. The number of amides is 1. The van der Waals surface area contributed by atoms with Gasteiger partial charge in [0.2, 0.25) is 5.91 Å². The fourth-order valence-corrected chi connectivity index (χ4v) is 5.01. The molecule has 0 saturated carbocycles. The van der Waals surface area contributed by atoms with E-state index in [1.807, 2.05) is 39.0 Å². The van der Waals surface area contributed by atoms with Crippen molar-refractivity contribution in [2.45, 2.75) is 45.3 Å². The molecule has 2 heterocycles. The lowest BCUT2D eigenvalue weighted by molar-refractivity contribution is -0.118. The third-order valence-electron chi connectivity index (χ3n) is 4.71. The van der Waals surface area contributed by atoms with E-state index in [1.54, 1.807) is 4.57 Å². The molecule has 0 aliphatic carbocycles. The number of nitrogens with zero attached hydrogens (tertiary/aromatic N) is 2. The zero-order valence-corrected chi connectivity index (χ0v) is 18.1. The summed E-state index contributed by atoms with van der Waals surface area (Å²) < 4.78 is 1.66. The van der Waals surface area contributed by atoms with E-state index < -0.39 is 0 Å². The first-order chi connectivity index (χ1) is 13.5. The van der Waals surface area contributed by atoms with Crippen molar-refractivity contribution in [2.75, 3.05) is 12.3 Å². The molecule has 1 N–H and O–H groups in total. The molecule has 3 aromatic rings. The molecule has 0 bridgehead atoms. The molecule has 3 rings (SSSR count). The van der Waals surface area contributed by atoms with Crippen molar-refractivity contribution >= 4 is 39.2 Å². The summed E-state index contributed by atoms with van der Waals surface area (Å²) in [5, 5.41) is 4.27. The molecule has 0 saturated heterocycles. The Hall–Kier alpha value is -2.12. The zero-order chi connectivity index (χ0) is 20.1. The highest BCUT2D eigenvalue weighted by molar-refractivity contribution is 7.99. The number of carbonyl (C=O) groups excluding carboxylic acids is 1. The average molecular weight is 416 g/mol. The van der Waals surface area contributed by atoms with Crippen LogP contribution in [0.5, 0.6) is 0 Å². The molecule has 0 unspecified atom stereocenters. The van der Waals surface area contributed by atoms with E-state index in [2.05, 4.69) is 22.4 Å². The van der Waals surface area contributed by atoms with Crippen molar-refractivity contribution < 1.29 is 4.79 Å². The van der Waals surface area contributed by atoms with Crippen molar-refractivity contribution in [3.63, 3.8) is 0 Å². The predicted octanol–water partition coefficient (Wildman–Crippen LogP) is 3.94. The van der Waals surface area contributed by atoms with Gasteiger partial charge in [0.15, 0.2) is 5.16 Å². The quantitative estimate of drug-likeness (QED) is 0.344. The van der Waals surface area contributed by atoms with Crippen LogP contribution in [0.15, 0.2) is 40.3 Å². The number of hydrogen-bond donors (Lipinski definition) is 1. The van der Waals surface area contributed by atoms with E-state index in [0.717, 1.165) is 28.1 Å². The number of benzene rings is 1. The van der Waals surface area contributed by atoms with E-state index in [9.17, 15) is 9.59 Å². The summed E-state index contributed by atoms with van der Waals surface area (Å²) >= 11 is 2.86. The smallest absolute Gasteiger partial charge is 0.263 e. The van der Waals surface area contributed by atoms with E-state index in [1.165, 1.54) is 28.7 Å². The lowest BCUT2D eigenvalue weighted by Crippen LogP contribution is -2.27. The molecule has 7 heteroatoms. The van der Waals surface area contributed by atoms with Gasteiger partial charge in [-0.3, -0.25) is 14.2 Å². The highest BCUT2D eigenvalue weighted by Crippen LogP contribution is 2.28. The van der Waals surface area contributed by atoms with Crippen molar-refractivity contribution in [2.24, 2.45) is 0 Å². The van der Waals surface area contributed by atoms with E-state index in [-0.39, 0.29) is 17.2 Å². The van der Waals surface area contributed by atoms with E-state index >= 15 is 0 Å². The first kappa shape index (κ1) is 20.6. The van der Waals surface area contributed by atoms with Gasteiger partial charge in [-0.2, -0.15) is 0 Å². The molecule has 0 aliphatic rings. The number of aromatic nitrogens is 2. The highest BCUT2D eigenvalue weighted by atomic mass is 32.2. The van der Waals surface area contributed by atoms with Gasteiger partial charge in [0.05, 0.1) is 11.1 Å². The summed E-state index contributed by atoms with van der Waals surface area (Å²) in [6.45, 7) is 7.08. The molecule has 1 aromatic carbocycles. The van der Waals surface area contributed by atoms with Crippen LogP contribution in [0.25, 0.3) is 10.2 Å². The molecule has 0 radical (unpaired) electrons. The third-order valence-corrected chi connectivity index (χ3v) is 6.79. The van der Waals surface area contributed by atoms with E-state index in [0.29, 0.717) is 23.6 Å². The lowest BCUT2D eigenvalue weighted by Gasteiger charge is -2.10. The normalized spacial score (nSPS) is 11.1. The molecule has 0 spiro atoms.